The third kappa shape index (κ3) is 1.99. The zero-order valence-electron chi connectivity index (χ0n) is 12.5. The van der Waals surface area contributed by atoms with E-state index >= 15 is 0 Å². The van der Waals surface area contributed by atoms with Crippen molar-refractivity contribution in [3.05, 3.63) is 52.6 Å². The molecule has 0 unspecified atom stereocenters. The third-order valence-electron chi connectivity index (χ3n) is 4.00. The van der Waals surface area contributed by atoms with E-state index in [9.17, 15) is 9.59 Å². The third-order valence-corrected chi connectivity index (χ3v) is 4.00. The molecule has 0 aliphatic heterocycles. The van der Waals surface area contributed by atoms with E-state index in [0.29, 0.717) is 22.5 Å². The van der Waals surface area contributed by atoms with Gasteiger partial charge in [0.2, 0.25) is 23.0 Å². The maximum atomic E-state index is 12.8. The van der Waals surface area contributed by atoms with E-state index in [1.165, 1.54) is 0 Å². The quantitative estimate of drug-likeness (QED) is 0.528. The summed E-state index contributed by atoms with van der Waals surface area (Å²) in [5.74, 6) is 0.785. The van der Waals surface area contributed by atoms with E-state index in [-0.39, 0.29) is 34.6 Å². The fourth-order valence-corrected chi connectivity index (χ4v) is 3.00. The number of rotatable bonds is 1. The molecule has 0 N–H and O–H groups in total. The standard InChI is InChI=1S/C16H17N2O2.BrH/c1-9(2)18-10(3)17(4)13-14(18)16(20)12-8-6-5-7-11(12)15(13)19;/h5-9H,1-4H3;1H/q+1;/p-1. The maximum absolute atomic E-state index is 12.8. The van der Waals surface area contributed by atoms with Crippen molar-refractivity contribution in [1.82, 2.24) is 4.57 Å². The van der Waals surface area contributed by atoms with Crippen molar-refractivity contribution in [3.63, 3.8) is 0 Å². The summed E-state index contributed by atoms with van der Waals surface area (Å²) in [6, 6.07) is 7.17. The Morgan fingerprint density at radius 2 is 1.57 bits per heavy atom. The van der Waals surface area contributed by atoms with Crippen LogP contribution < -0.4 is 21.5 Å². The molecule has 0 fully saturated rings. The summed E-state index contributed by atoms with van der Waals surface area (Å²) in [7, 11) is 1.84. The second kappa shape index (κ2) is 5.22. The van der Waals surface area contributed by atoms with Gasteiger partial charge in [-0.1, -0.05) is 24.3 Å². The van der Waals surface area contributed by atoms with Crippen molar-refractivity contribution in [3.8, 4) is 0 Å². The van der Waals surface area contributed by atoms with Gasteiger partial charge in [-0.3, -0.25) is 9.59 Å². The molecule has 0 saturated carbocycles. The van der Waals surface area contributed by atoms with E-state index < -0.39 is 0 Å². The molecule has 1 heterocycles. The molecule has 3 rings (SSSR count). The number of aromatic nitrogens is 2. The number of imidazole rings is 1. The van der Waals surface area contributed by atoms with Crippen molar-refractivity contribution in [1.29, 1.82) is 0 Å². The van der Waals surface area contributed by atoms with Crippen LogP contribution in [0, 0.1) is 6.92 Å². The first kappa shape index (κ1) is 15.6. The molecule has 0 bridgehead atoms. The Balaban J connectivity index is 0.00000161. The molecular weight excluding hydrogens is 332 g/mol. The van der Waals surface area contributed by atoms with Gasteiger partial charge in [0, 0.05) is 18.1 Å². The minimum atomic E-state index is -0.0693. The molecule has 5 heteroatoms. The minimum absolute atomic E-state index is 0. The lowest BCUT2D eigenvalue weighted by atomic mass is 9.90. The minimum Gasteiger partial charge on any atom is -1.00 e. The lowest BCUT2D eigenvalue weighted by molar-refractivity contribution is -0.679. The van der Waals surface area contributed by atoms with Crippen LogP contribution in [-0.4, -0.2) is 16.1 Å². The Morgan fingerprint density at radius 3 is 2.10 bits per heavy atom. The molecule has 1 aliphatic rings. The monoisotopic (exact) mass is 348 g/mol. The summed E-state index contributed by atoms with van der Waals surface area (Å²) in [6.45, 7) is 5.97. The Bertz CT molecular complexity index is 760. The topological polar surface area (TPSA) is 43.0 Å². The SMILES string of the molecule is Cc1n(C(C)C)c2c([n+]1C)C(=O)c1ccccc1C2=O.[Br-]. The maximum Gasteiger partial charge on any atom is 0.254 e. The molecular formula is C16H17BrN2O2. The largest absolute Gasteiger partial charge is 1.00 e. The van der Waals surface area contributed by atoms with Gasteiger partial charge >= 0.3 is 0 Å². The Labute approximate surface area is 134 Å². The molecule has 1 aromatic heterocycles. The first-order valence-corrected chi connectivity index (χ1v) is 6.74. The summed E-state index contributed by atoms with van der Waals surface area (Å²) in [5, 5.41) is 0. The highest BCUT2D eigenvalue weighted by atomic mass is 79.9. The number of hydrogen-bond acceptors (Lipinski definition) is 2. The number of hydrogen-bond donors (Lipinski definition) is 0. The molecule has 110 valence electrons. The molecule has 0 saturated heterocycles. The van der Waals surface area contributed by atoms with Crippen molar-refractivity contribution >= 4 is 11.6 Å². The van der Waals surface area contributed by atoms with E-state index in [4.69, 9.17) is 0 Å². The lowest BCUT2D eigenvalue weighted by Gasteiger charge is -2.13. The van der Waals surface area contributed by atoms with Crippen molar-refractivity contribution in [2.75, 3.05) is 0 Å². The highest BCUT2D eigenvalue weighted by molar-refractivity contribution is 6.26. The number of carbonyl (C=O) groups is 2. The van der Waals surface area contributed by atoms with E-state index in [0.717, 1.165) is 5.82 Å². The molecule has 0 atom stereocenters. The highest BCUT2D eigenvalue weighted by Crippen LogP contribution is 2.28. The van der Waals surface area contributed by atoms with Crippen LogP contribution in [-0.2, 0) is 7.05 Å². The van der Waals surface area contributed by atoms with Gasteiger partial charge in [-0.25, -0.2) is 9.13 Å². The van der Waals surface area contributed by atoms with Crippen LogP contribution in [0.5, 0.6) is 0 Å². The number of ketones is 2. The summed E-state index contributed by atoms with van der Waals surface area (Å²) in [4.78, 5) is 25.4. The van der Waals surface area contributed by atoms with Gasteiger partial charge in [0.05, 0.1) is 13.1 Å². The average molecular weight is 349 g/mol. The second-order valence-electron chi connectivity index (χ2n) is 5.47. The van der Waals surface area contributed by atoms with Crippen LogP contribution in [0.3, 0.4) is 0 Å². The fraction of sp³-hybridized carbons (Fsp3) is 0.312. The molecule has 0 radical (unpaired) electrons. The van der Waals surface area contributed by atoms with Crippen molar-refractivity contribution in [2.45, 2.75) is 26.8 Å². The van der Waals surface area contributed by atoms with E-state index in [1.807, 2.05) is 37.0 Å². The molecule has 0 amide bonds. The van der Waals surface area contributed by atoms with Crippen LogP contribution >= 0.6 is 0 Å². The normalized spacial score (nSPS) is 13.0. The Kier molecular flexibility index (Phi) is 3.89. The van der Waals surface area contributed by atoms with Crippen LogP contribution in [0.4, 0.5) is 0 Å². The Morgan fingerprint density at radius 1 is 1.05 bits per heavy atom. The van der Waals surface area contributed by atoms with Crippen LogP contribution in [0.1, 0.15) is 57.8 Å². The van der Waals surface area contributed by atoms with Gasteiger partial charge in [-0.15, -0.1) is 0 Å². The van der Waals surface area contributed by atoms with E-state index in [2.05, 4.69) is 0 Å². The number of nitrogens with zero attached hydrogens (tertiary/aromatic N) is 2. The second-order valence-corrected chi connectivity index (χ2v) is 5.47. The van der Waals surface area contributed by atoms with Crippen LogP contribution in [0.2, 0.25) is 0 Å². The average Bonchev–Trinajstić information content (AvgIpc) is 2.69. The number of fused-ring (bicyclic) bond motifs is 2. The number of benzene rings is 1. The molecule has 0 spiro atoms. The van der Waals surface area contributed by atoms with Crippen molar-refractivity contribution in [2.24, 2.45) is 7.05 Å². The van der Waals surface area contributed by atoms with E-state index in [1.54, 1.807) is 24.3 Å². The predicted octanol–water partition coefficient (Wildman–Crippen LogP) is -1.02. The molecule has 4 nitrogen and oxygen atoms in total. The van der Waals surface area contributed by atoms with Crippen molar-refractivity contribution < 1.29 is 31.1 Å². The zero-order chi connectivity index (χ0) is 14.6. The van der Waals surface area contributed by atoms with Crippen LogP contribution in [0.15, 0.2) is 24.3 Å². The highest BCUT2D eigenvalue weighted by Gasteiger charge is 2.42. The van der Waals surface area contributed by atoms with Gasteiger partial charge in [0.15, 0.2) is 0 Å². The fourth-order valence-electron chi connectivity index (χ4n) is 3.00. The van der Waals surface area contributed by atoms with Crippen LogP contribution in [0.25, 0.3) is 0 Å². The first-order chi connectivity index (χ1) is 9.45. The number of halogens is 1. The molecule has 21 heavy (non-hydrogen) atoms. The molecule has 2 aromatic rings. The van der Waals surface area contributed by atoms with Gasteiger partial charge in [0.25, 0.3) is 5.82 Å². The summed E-state index contributed by atoms with van der Waals surface area (Å²) in [5.41, 5.74) is 2.02. The molecule has 1 aliphatic carbocycles. The molecule has 1 aromatic carbocycles. The van der Waals surface area contributed by atoms with Gasteiger partial charge < -0.3 is 17.0 Å². The lowest BCUT2D eigenvalue weighted by Crippen LogP contribution is -3.00. The zero-order valence-corrected chi connectivity index (χ0v) is 14.1. The van der Waals surface area contributed by atoms with Gasteiger partial charge in [0.1, 0.15) is 0 Å². The smallest absolute Gasteiger partial charge is 0.254 e. The van der Waals surface area contributed by atoms with Gasteiger partial charge in [-0.2, -0.15) is 0 Å². The Hall–Kier alpha value is -1.75. The predicted molar refractivity (Wildman–Crippen MR) is 74.0 cm³/mol. The summed E-state index contributed by atoms with van der Waals surface area (Å²) < 4.78 is 3.77. The van der Waals surface area contributed by atoms with Gasteiger partial charge in [-0.05, 0) is 13.8 Å². The summed E-state index contributed by atoms with van der Waals surface area (Å²) in [6.07, 6.45) is 0. The first-order valence-electron chi connectivity index (χ1n) is 6.74. The summed E-state index contributed by atoms with van der Waals surface area (Å²) >= 11 is 0. The number of carbonyl (C=O) groups excluding carboxylic acids is 2.